The largest absolute Gasteiger partial charge is 0.253 e. The number of unbranched alkanes of at least 4 members (excludes halogenated alkanes) is 15. The van der Waals surface area contributed by atoms with Gasteiger partial charge in [0.1, 0.15) is 0 Å². The van der Waals surface area contributed by atoms with Crippen LogP contribution in [-0.2, 0) is 0 Å². The van der Waals surface area contributed by atoms with Gasteiger partial charge in [0, 0.05) is 0 Å². The van der Waals surface area contributed by atoms with Crippen LogP contribution in [-0.4, -0.2) is 17.3 Å². The normalized spacial score (nSPS) is 11.4. The first-order valence-electron chi connectivity index (χ1n) is 12.1. The Labute approximate surface area is 174 Å². The number of rotatable bonds is 21. The third-order valence-electron chi connectivity index (χ3n) is 5.48. The second-order valence-electron chi connectivity index (χ2n) is 8.14. The van der Waals surface area contributed by atoms with E-state index in [9.17, 15) is 0 Å². The van der Waals surface area contributed by atoms with Crippen molar-refractivity contribution >= 4 is 20.8 Å². The van der Waals surface area contributed by atoms with Crippen molar-refractivity contribution < 1.29 is 0 Å². The first-order valence-corrected chi connectivity index (χ1v) is 14.0. The second-order valence-corrected chi connectivity index (χ2v) is 10.8. The van der Waals surface area contributed by atoms with Crippen LogP contribution in [0.1, 0.15) is 136 Å². The molecule has 0 aromatic carbocycles. The zero-order valence-electron chi connectivity index (χ0n) is 19.0. The Hall–Kier alpha value is 0.780. The Morgan fingerprint density at radius 3 is 0.846 bits per heavy atom. The second kappa shape index (κ2) is 25.8. The van der Waals surface area contributed by atoms with E-state index in [0.717, 1.165) is 0 Å². The summed E-state index contributed by atoms with van der Waals surface area (Å²) in [5.41, 5.74) is 0. The maximum atomic E-state index is 2.32. The van der Waals surface area contributed by atoms with Crippen LogP contribution in [0.3, 0.4) is 0 Å². The van der Waals surface area contributed by atoms with Gasteiger partial charge in [-0.2, -0.15) is 9.90 Å². The van der Waals surface area contributed by atoms with Crippen LogP contribution in [0, 0.1) is 0 Å². The highest BCUT2D eigenvalue weighted by molar-refractivity contribution is 8.17. The van der Waals surface area contributed by atoms with Gasteiger partial charge in [0.25, 0.3) is 0 Å². The molecule has 0 bridgehead atoms. The monoisotopic (exact) mass is 406 g/mol. The highest BCUT2D eigenvalue weighted by Gasteiger charge is 2.05. The fraction of sp³-hybridized carbons (Fsp3) is 1.00. The molecule has 2 heteroatoms. The van der Waals surface area contributed by atoms with Gasteiger partial charge in [0.05, 0.1) is 0 Å². The molecule has 0 aromatic heterocycles. The van der Waals surface area contributed by atoms with Gasteiger partial charge in [0.2, 0.25) is 0 Å². The number of hydrogen-bond donors (Lipinski definition) is 1. The third-order valence-corrected chi connectivity index (χ3v) is 8.33. The summed E-state index contributed by atoms with van der Waals surface area (Å²) in [5.74, 6) is 4.77. The topological polar surface area (TPSA) is 0 Å². The molecule has 0 radical (unpaired) electrons. The maximum Gasteiger partial charge on any atom is -0.0253 e. The lowest BCUT2D eigenvalue weighted by atomic mass is 10.1. The van der Waals surface area contributed by atoms with Crippen molar-refractivity contribution in [1.82, 2.24) is 0 Å². The van der Waals surface area contributed by atoms with E-state index in [2.05, 4.69) is 20.8 Å². The van der Waals surface area contributed by atoms with Crippen LogP contribution in [0.4, 0.5) is 0 Å². The Morgan fingerprint density at radius 1 is 0.346 bits per heavy atom. The predicted octanol–water partition coefficient (Wildman–Crippen LogP) is 9.13. The first-order chi connectivity index (χ1) is 12.3. The Kier molecular flexibility index (Phi) is 28.7. The summed E-state index contributed by atoms with van der Waals surface area (Å²) in [4.78, 5) is 0. The number of hydrogen-bond acceptors (Lipinski definition) is 0. The Bertz CT molecular complexity index is 194. The summed E-state index contributed by atoms with van der Waals surface area (Å²) < 4.78 is 0. The molecule has 0 rings (SSSR count). The molecule has 0 aliphatic carbocycles. The average Bonchev–Trinajstić information content (AvgIpc) is 2.63. The van der Waals surface area contributed by atoms with E-state index >= 15 is 0 Å². The van der Waals surface area contributed by atoms with E-state index in [1.54, 1.807) is 17.3 Å². The van der Waals surface area contributed by atoms with Crippen LogP contribution in [0.15, 0.2) is 0 Å². The van der Waals surface area contributed by atoms with Crippen LogP contribution in [0.25, 0.3) is 0 Å². The molecule has 0 amide bonds. The van der Waals surface area contributed by atoms with Crippen molar-refractivity contribution in [3.8, 4) is 0 Å². The molecule has 1 unspecified atom stereocenters. The highest BCUT2D eigenvalue weighted by Crippen LogP contribution is 2.31. The summed E-state index contributed by atoms with van der Waals surface area (Å²) in [6.45, 7) is 6.96. The lowest BCUT2D eigenvalue weighted by Gasteiger charge is -2.22. The van der Waals surface area contributed by atoms with Crippen molar-refractivity contribution in [3.05, 3.63) is 0 Å². The Balaban J connectivity index is 0. The van der Waals surface area contributed by atoms with Crippen molar-refractivity contribution in [1.29, 1.82) is 0 Å². The minimum atomic E-state index is 0. The van der Waals surface area contributed by atoms with Crippen molar-refractivity contribution in [2.75, 3.05) is 17.3 Å². The zero-order valence-corrected chi connectivity index (χ0v) is 21.3. The van der Waals surface area contributed by atoms with E-state index in [-0.39, 0.29) is 9.90 Å². The van der Waals surface area contributed by atoms with E-state index in [1.165, 1.54) is 116 Å². The predicted molar refractivity (Wildman–Crippen MR) is 135 cm³/mol. The molecular weight excluding hydrogens is 351 g/mol. The molecule has 0 aromatic rings. The summed E-state index contributed by atoms with van der Waals surface area (Å²) in [7, 11) is 0.366. The quantitative estimate of drug-likeness (QED) is 0.110. The minimum absolute atomic E-state index is 0. The SMILES string of the molecule is CCCCCCCC[SH](CCCCCCCC)CCCCCCCC.P. The van der Waals surface area contributed by atoms with Gasteiger partial charge >= 0.3 is 0 Å². The van der Waals surface area contributed by atoms with Crippen LogP contribution in [0.2, 0.25) is 0 Å². The molecule has 0 saturated carbocycles. The highest BCUT2D eigenvalue weighted by atomic mass is 32.2. The molecule has 0 heterocycles. The van der Waals surface area contributed by atoms with E-state index in [1.807, 2.05) is 0 Å². The smallest absolute Gasteiger partial charge is 0.0253 e. The van der Waals surface area contributed by atoms with Crippen LogP contribution < -0.4 is 0 Å². The first kappa shape index (κ1) is 29.0. The third kappa shape index (κ3) is 22.8. The lowest BCUT2D eigenvalue weighted by molar-refractivity contribution is 0.619. The molecule has 0 aliphatic heterocycles. The molecule has 0 saturated heterocycles. The van der Waals surface area contributed by atoms with Gasteiger partial charge in [-0.15, -0.1) is 0 Å². The summed E-state index contributed by atoms with van der Waals surface area (Å²) in [5, 5.41) is 0. The van der Waals surface area contributed by atoms with Gasteiger partial charge in [-0.25, -0.2) is 0 Å². The summed E-state index contributed by atoms with van der Waals surface area (Å²) in [6, 6.07) is 0. The summed E-state index contributed by atoms with van der Waals surface area (Å²) >= 11 is 0. The average molecular weight is 407 g/mol. The van der Waals surface area contributed by atoms with Gasteiger partial charge in [-0.1, -0.05) is 117 Å². The molecule has 26 heavy (non-hydrogen) atoms. The van der Waals surface area contributed by atoms with E-state index in [0.29, 0.717) is 10.9 Å². The van der Waals surface area contributed by atoms with Gasteiger partial charge in [-0.3, -0.25) is 10.9 Å². The van der Waals surface area contributed by atoms with Gasteiger partial charge < -0.3 is 0 Å². The molecular formula is C24H55PS. The molecule has 0 fully saturated rings. The Morgan fingerprint density at radius 2 is 0.577 bits per heavy atom. The number of thiol groups is 1. The maximum absolute atomic E-state index is 2.32. The van der Waals surface area contributed by atoms with Crippen LogP contribution >= 0.6 is 20.8 Å². The molecule has 0 spiro atoms. The van der Waals surface area contributed by atoms with Crippen molar-refractivity contribution in [2.24, 2.45) is 0 Å². The van der Waals surface area contributed by atoms with Gasteiger partial charge in [0.15, 0.2) is 0 Å². The van der Waals surface area contributed by atoms with Crippen molar-refractivity contribution in [3.63, 3.8) is 0 Å². The minimum Gasteiger partial charge on any atom is -0.253 e. The molecule has 0 aliphatic rings. The fourth-order valence-corrected chi connectivity index (χ4v) is 6.37. The zero-order chi connectivity index (χ0) is 18.4. The molecule has 0 N–H and O–H groups in total. The van der Waals surface area contributed by atoms with Crippen molar-refractivity contribution in [2.45, 2.75) is 136 Å². The van der Waals surface area contributed by atoms with Crippen LogP contribution in [0.5, 0.6) is 0 Å². The fourth-order valence-electron chi connectivity index (χ4n) is 3.68. The van der Waals surface area contributed by atoms with E-state index < -0.39 is 0 Å². The lowest BCUT2D eigenvalue weighted by Crippen LogP contribution is -2.01. The standard InChI is InChI=1S/C24H52S.H3P/c1-4-7-10-13-16-19-22-25(23-20-17-14-11-8-5-2)24-21-18-15-12-9-6-3;/h25H,4-24H2,1-3H3;1H3. The molecule has 1 atom stereocenters. The summed E-state index contributed by atoms with van der Waals surface area (Å²) in [6.07, 6.45) is 26.5. The van der Waals surface area contributed by atoms with Gasteiger partial charge in [-0.05, 0) is 36.5 Å². The van der Waals surface area contributed by atoms with E-state index in [4.69, 9.17) is 0 Å². The molecule has 162 valence electrons. The molecule has 0 nitrogen and oxygen atoms in total.